The van der Waals surface area contributed by atoms with Crippen molar-refractivity contribution in [3.63, 3.8) is 0 Å². The maximum Gasteiger partial charge on any atom is 0.236 e. The fraction of sp³-hybridized carbons (Fsp3) is 0.346. The van der Waals surface area contributed by atoms with Crippen LogP contribution < -0.4 is 14.4 Å². The van der Waals surface area contributed by atoms with Gasteiger partial charge in [-0.15, -0.1) is 0 Å². The van der Waals surface area contributed by atoms with Crippen molar-refractivity contribution in [2.24, 2.45) is 0 Å². The fourth-order valence-corrected chi connectivity index (χ4v) is 4.57. The predicted molar refractivity (Wildman–Crippen MR) is 138 cm³/mol. The van der Waals surface area contributed by atoms with Crippen LogP contribution in [0.1, 0.15) is 36.2 Å². The van der Waals surface area contributed by atoms with Crippen molar-refractivity contribution in [1.29, 1.82) is 5.26 Å². The number of nitrogens with zero attached hydrogens (tertiary/aromatic N) is 4. The minimum Gasteiger partial charge on any atom is -0.487 e. The molecule has 0 amide bonds. The van der Waals surface area contributed by atoms with Crippen LogP contribution in [0.4, 0.5) is 16.0 Å². The molecular formula is C26H28FN5O4S. The standard InChI is InChI=1S/C26H28FN5O4S/c1-26(2,20-14-18(16-28)24(23(27)15-20)32-10-12-35-13-11-32)19-4-6-22(7-5-19)36-17-21-8-9-29-25(30-21)31-37(3,33)34/h4-9,14-15H,10-13,17H2,1-3H3,(H,29,30,31). The highest BCUT2D eigenvalue weighted by Crippen LogP contribution is 2.36. The zero-order valence-corrected chi connectivity index (χ0v) is 21.7. The third kappa shape index (κ3) is 6.34. The van der Waals surface area contributed by atoms with Crippen LogP contribution in [0.5, 0.6) is 5.75 Å². The number of anilines is 2. The number of sulfonamides is 1. The average Bonchev–Trinajstić information content (AvgIpc) is 2.87. The molecule has 0 atom stereocenters. The van der Waals surface area contributed by atoms with E-state index < -0.39 is 21.3 Å². The van der Waals surface area contributed by atoms with Gasteiger partial charge in [-0.1, -0.05) is 26.0 Å². The van der Waals surface area contributed by atoms with Crippen LogP contribution in [-0.2, 0) is 26.8 Å². The largest absolute Gasteiger partial charge is 0.487 e. The lowest BCUT2D eigenvalue weighted by Gasteiger charge is -2.32. The number of benzene rings is 2. The minimum atomic E-state index is -3.48. The Morgan fingerprint density at radius 2 is 1.86 bits per heavy atom. The van der Waals surface area contributed by atoms with Crippen molar-refractivity contribution in [3.05, 3.63) is 76.9 Å². The Labute approximate surface area is 215 Å². The molecule has 194 valence electrons. The lowest BCUT2D eigenvalue weighted by molar-refractivity contribution is 0.122. The Hall–Kier alpha value is -3.75. The molecule has 0 aliphatic carbocycles. The minimum absolute atomic E-state index is 0.0238. The number of morpholine rings is 1. The second-order valence-electron chi connectivity index (χ2n) is 9.25. The van der Waals surface area contributed by atoms with Gasteiger partial charge in [0.05, 0.1) is 36.4 Å². The fourth-order valence-electron chi connectivity index (χ4n) is 4.14. The van der Waals surface area contributed by atoms with E-state index in [1.165, 1.54) is 12.3 Å². The summed E-state index contributed by atoms with van der Waals surface area (Å²) in [7, 11) is -3.48. The average molecular weight is 526 g/mol. The summed E-state index contributed by atoms with van der Waals surface area (Å²) in [6.07, 6.45) is 2.47. The number of rotatable bonds is 8. The molecule has 1 aliphatic heterocycles. The number of aromatic nitrogens is 2. The molecule has 1 saturated heterocycles. The van der Waals surface area contributed by atoms with Gasteiger partial charge in [-0.3, -0.25) is 4.72 Å². The molecule has 37 heavy (non-hydrogen) atoms. The highest BCUT2D eigenvalue weighted by Gasteiger charge is 2.28. The summed E-state index contributed by atoms with van der Waals surface area (Å²) < 4.78 is 51.4. The quantitative estimate of drug-likeness (QED) is 0.474. The first kappa shape index (κ1) is 26.3. The van der Waals surface area contributed by atoms with Crippen molar-refractivity contribution in [2.45, 2.75) is 25.9 Å². The Bertz CT molecular complexity index is 1420. The summed E-state index contributed by atoms with van der Waals surface area (Å²) in [6, 6.07) is 14.5. The summed E-state index contributed by atoms with van der Waals surface area (Å²) in [5, 5.41) is 9.76. The molecule has 1 aliphatic rings. The first-order chi connectivity index (χ1) is 17.6. The summed E-state index contributed by atoms with van der Waals surface area (Å²) >= 11 is 0. The molecule has 9 nitrogen and oxygen atoms in total. The van der Waals surface area contributed by atoms with Crippen LogP contribution in [0, 0.1) is 17.1 Å². The Balaban J connectivity index is 1.50. The van der Waals surface area contributed by atoms with E-state index in [9.17, 15) is 13.7 Å². The van der Waals surface area contributed by atoms with Crippen LogP contribution in [0.2, 0.25) is 0 Å². The smallest absolute Gasteiger partial charge is 0.236 e. The summed E-state index contributed by atoms with van der Waals surface area (Å²) in [5.74, 6) is 0.144. The van der Waals surface area contributed by atoms with Crippen molar-refractivity contribution in [2.75, 3.05) is 42.2 Å². The molecule has 2 heterocycles. The Morgan fingerprint density at radius 3 is 2.51 bits per heavy atom. The van der Waals surface area contributed by atoms with Gasteiger partial charge in [-0.05, 0) is 41.5 Å². The molecule has 1 fully saturated rings. The summed E-state index contributed by atoms with van der Waals surface area (Å²) in [4.78, 5) is 9.88. The third-order valence-corrected chi connectivity index (χ3v) is 6.74. The molecular weight excluding hydrogens is 497 g/mol. The van der Waals surface area contributed by atoms with Gasteiger partial charge < -0.3 is 14.4 Å². The van der Waals surface area contributed by atoms with Gasteiger partial charge in [0.2, 0.25) is 16.0 Å². The second-order valence-corrected chi connectivity index (χ2v) is 11.0. The monoisotopic (exact) mass is 525 g/mol. The first-order valence-corrected chi connectivity index (χ1v) is 13.6. The van der Waals surface area contributed by atoms with Gasteiger partial charge in [0.15, 0.2) is 0 Å². The molecule has 2 aromatic carbocycles. The SMILES string of the molecule is CC(C)(c1ccc(OCc2ccnc(NS(C)(=O)=O)n2)cc1)c1cc(F)c(N2CCOCC2)c(C#N)c1. The van der Waals surface area contributed by atoms with E-state index in [4.69, 9.17) is 9.47 Å². The molecule has 0 saturated carbocycles. The van der Waals surface area contributed by atoms with Crippen molar-refractivity contribution < 1.29 is 22.3 Å². The molecule has 11 heteroatoms. The highest BCUT2D eigenvalue weighted by atomic mass is 32.2. The predicted octanol–water partition coefficient (Wildman–Crippen LogP) is 3.60. The lowest BCUT2D eigenvalue weighted by atomic mass is 9.77. The number of nitrogens with one attached hydrogen (secondary N) is 1. The van der Waals surface area contributed by atoms with Gasteiger partial charge >= 0.3 is 0 Å². The van der Waals surface area contributed by atoms with Gasteiger partial charge in [0.25, 0.3) is 0 Å². The molecule has 0 radical (unpaired) electrons. The van der Waals surface area contributed by atoms with Crippen molar-refractivity contribution >= 4 is 21.7 Å². The van der Waals surface area contributed by atoms with E-state index in [2.05, 4.69) is 20.8 Å². The van der Waals surface area contributed by atoms with Crippen LogP contribution in [0.3, 0.4) is 0 Å². The third-order valence-electron chi connectivity index (χ3n) is 6.19. The van der Waals surface area contributed by atoms with Crippen LogP contribution in [-0.4, -0.2) is 50.9 Å². The van der Waals surface area contributed by atoms with Crippen LogP contribution in [0.25, 0.3) is 0 Å². The zero-order chi connectivity index (χ0) is 26.6. The number of hydrogen-bond donors (Lipinski definition) is 1. The van der Waals surface area contributed by atoms with Crippen LogP contribution >= 0.6 is 0 Å². The van der Waals surface area contributed by atoms with Gasteiger partial charge in [-0.2, -0.15) is 5.26 Å². The number of ether oxygens (including phenoxy) is 2. The molecule has 3 aromatic rings. The lowest BCUT2D eigenvalue weighted by Crippen LogP contribution is -2.37. The number of hydrogen-bond acceptors (Lipinski definition) is 8. The Kier molecular flexibility index (Phi) is 7.61. The molecule has 0 spiro atoms. The zero-order valence-electron chi connectivity index (χ0n) is 20.9. The highest BCUT2D eigenvalue weighted by molar-refractivity contribution is 7.91. The van der Waals surface area contributed by atoms with E-state index in [-0.39, 0.29) is 12.6 Å². The van der Waals surface area contributed by atoms with Crippen molar-refractivity contribution in [1.82, 2.24) is 9.97 Å². The van der Waals surface area contributed by atoms with Gasteiger partial charge in [-0.25, -0.2) is 22.8 Å². The molecule has 1 aromatic heterocycles. The van der Waals surface area contributed by atoms with E-state index in [1.807, 2.05) is 30.9 Å². The first-order valence-electron chi connectivity index (χ1n) is 11.7. The molecule has 4 rings (SSSR count). The topological polar surface area (TPSA) is 117 Å². The summed E-state index contributed by atoms with van der Waals surface area (Å²) in [5.41, 5.74) is 2.18. The maximum atomic E-state index is 15.3. The maximum absolute atomic E-state index is 15.3. The number of halogens is 1. The molecule has 0 bridgehead atoms. The molecule has 0 unspecified atom stereocenters. The number of nitriles is 1. The van der Waals surface area contributed by atoms with Crippen LogP contribution in [0.15, 0.2) is 48.7 Å². The molecule has 1 N–H and O–H groups in total. The van der Waals surface area contributed by atoms with Gasteiger partial charge in [0.1, 0.15) is 24.2 Å². The Morgan fingerprint density at radius 1 is 1.16 bits per heavy atom. The summed E-state index contributed by atoms with van der Waals surface area (Å²) in [6.45, 7) is 6.16. The van der Waals surface area contributed by atoms with Gasteiger partial charge in [0, 0.05) is 24.7 Å². The van der Waals surface area contributed by atoms with E-state index in [0.29, 0.717) is 54.6 Å². The second kappa shape index (κ2) is 10.7. The van der Waals surface area contributed by atoms with E-state index in [1.54, 1.807) is 24.3 Å². The van der Waals surface area contributed by atoms with E-state index in [0.717, 1.165) is 11.8 Å². The normalized spacial score (nSPS) is 14.2. The van der Waals surface area contributed by atoms with Crippen molar-refractivity contribution in [3.8, 4) is 11.8 Å². The van der Waals surface area contributed by atoms with E-state index >= 15 is 4.39 Å².